The third-order valence-corrected chi connectivity index (χ3v) is 5.73. The summed E-state index contributed by atoms with van der Waals surface area (Å²) in [6, 6.07) is 12.7. The molecular formula is C25H25ClF3N7O3. The maximum Gasteiger partial charge on any atom is 0.416 e. The number of carbonyl (C=O) groups excluding carboxylic acids is 1. The van der Waals surface area contributed by atoms with E-state index in [-0.39, 0.29) is 24.1 Å². The van der Waals surface area contributed by atoms with Crippen molar-refractivity contribution in [1.82, 2.24) is 34.4 Å². The molecule has 2 aromatic carbocycles. The fourth-order valence-electron chi connectivity index (χ4n) is 3.69. The highest BCUT2D eigenvalue weighted by Gasteiger charge is 2.39. The number of hydrogen-bond acceptors (Lipinski definition) is 6. The normalized spacial score (nSPS) is 12.9. The predicted molar refractivity (Wildman–Crippen MR) is 137 cm³/mol. The van der Waals surface area contributed by atoms with E-state index in [1.54, 1.807) is 24.3 Å². The van der Waals surface area contributed by atoms with Crippen molar-refractivity contribution in [2.45, 2.75) is 51.7 Å². The molecule has 1 amide bonds. The van der Waals surface area contributed by atoms with Crippen LogP contribution < -0.4 is 11.0 Å². The first-order valence-corrected chi connectivity index (χ1v) is 12.1. The monoisotopic (exact) mass is 563 g/mol. The van der Waals surface area contributed by atoms with Gasteiger partial charge in [0, 0.05) is 16.1 Å². The van der Waals surface area contributed by atoms with Crippen molar-refractivity contribution in [3.05, 3.63) is 81.8 Å². The fraction of sp³-hybridized carbons (Fsp3) is 0.320. The molecule has 0 aliphatic carbocycles. The van der Waals surface area contributed by atoms with Gasteiger partial charge in [0.25, 0.3) is 5.91 Å². The highest BCUT2D eigenvalue weighted by molar-refractivity contribution is 6.30. The molecule has 10 nitrogen and oxygen atoms in total. The predicted octanol–water partition coefficient (Wildman–Crippen LogP) is 3.45. The van der Waals surface area contributed by atoms with Crippen molar-refractivity contribution < 1.29 is 23.1 Å². The molecule has 2 N–H and O–H groups in total. The Labute approximate surface area is 225 Å². The molecule has 4 aromatic rings. The molecule has 1 unspecified atom stereocenters. The average molecular weight is 564 g/mol. The second kappa shape index (κ2) is 10.7. The summed E-state index contributed by atoms with van der Waals surface area (Å²) < 4.78 is 42.3. The summed E-state index contributed by atoms with van der Waals surface area (Å²) in [5.41, 5.74) is -0.270. The lowest BCUT2D eigenvalue weighted by Gasteiger charge is -2.21. The van der Waals surface area contributed by atoms with Gasteiger partial charge in [-0.3, -0.25) is 9.36 Å². The van der Waals surface area contributed by atoms with Gasteiger partial charge in [-0.15, -0.1) is 10.2 Å². The lowest BCUT2D eigenvalue weighted by Crippen LogP contribution is -2.41. The first-order valence-electron chi connectivity index (χ1n) is 11.7. The number of hydrogen-bond donors (Lipinski definition) is 2. The zero-order chi connectivity index (χ0) is 28.5. The molecule has 206 valence electrons. The molecular weight excluding hydrogens is 539 g/mol. The number of aliphatic hydroxyl groups excluding tert-OH is 1. The SMILES string of the molecule is CC(C)(C)NC(=O)c1ccccc1-n1cnc(Cn2nc(-c3ccc(Cl)cc3)n(CC(O)C(F)(F)F)c2=O)n1. The van der Waals surface area contributed by atoms with Crippen LogP contribution in [0.25, 0.3) is 17.1 Å². The van der Waals surface area contributed by atoms with Crippen LogP contribution in [0.5, 0.6) is 0 Å². The Hall–Kier alpha value is -3.97. The summed E-state index contributed by atoms with van der Waals surface area (Å²) in [4.78, 5) is 30.1. The maximum absolute atomic E-state index is 13.1. The number of alkyl halides is 3. The van der Waals surface area contributed by atoms with Gasteiger partial charge in [0.15, 0.2) is 17.8 Å². The summed E-state index contributed by atoms with van der Waals surface area (Å²) in [5.74, 6) is -0.295. The second-order valence-electron chi connectivity index (χ2n) is 9.77. The molecule has 4 rings (SSSR count). The van der Waals surface area contributed by atoms with Crippen LogP contribution in [0.2, 0.25) is 5.02 Å². The van der Waals surface area contributed by atoms with E-state index in [1.807, 2.05) is 20.8 Å². The molecule has 0 aliphatic heterocycles. The van der Waals surface area contributed by atoms with Crippen LogP contribution in [0.3, 0.4) is 0 Å². The molecule has 0 fully saturated rings. The minimum Gasteiger partial charge on any atom is -0.382 e. The van der Waals surface area contributed by atoms with Crippen LogP contribution in [-0.2, 0) is 13.1 Å². The highest BCUT2D eigenvalue weighted by Crippen LogP contribution is 2.24. The van der Waals surface area contributed by atoms with Crippen molar-refractivity contribution >= 4 is 17.5 Å². The van der Waals surface area contributed by atoms with E-state index in [4.69, 9.17) is 11.6 Å². The van der Waals surface area contributed by atoms with Gasteiger partial charge in [0.1, 0.15) is 12.9 Å². The van der Waals surface area contributed by atoms with Crippen LogP contribution in [0.15, 0.2) is 59.7 Å². The maximum atomic E-state index is 13.1. The van der Waals surface area contributed by atoms with Gasteiger partial charge in [-0.2, -0.15) is 13.2 Å². The number of aliphatic hydroxyl groups is 1. The van der Waals surface area contributed by atoms with Gasteiger partial charge in [-0.25, -0.2) is 19.1 Å². The Bertz CT molecular complexity index is 1540. The number of carbonyl (C=O) groups is 1. The van der Waals surface area contributed by atoms with Crippen LogP contribution in [-0.4, -0.2) is 57.9 Å². The van der Waals surface area contributed by atoms with E-state index >= 15 is 0 Å². The van der Waals surface area contributed by atoms with Gasteiger partial charge in [-0.05, 0) is 57.2 Å². The summed E-state index contributed by atoms with van der Waals surface area (Å²) in [7, 11) is 0. The largest absolute Gasteiger partial charge is 0.416 e. The second-order valence-corrected chi connectivity index (χ2v) is 10.2. The quantitative estimate of drug-likeness (QED) is 0.355. The molecule has 0 saturated heterocycles. The van der Waals surface area contributed by atoms with E-state index < -0.39 is 30.1 Å². The number of nitrogens with one attached hydrogen (secondary N) is 1. The third kappa shape index (κ3) is 6.55. The Kier molecular flexibility index (Phi) is 7.66. The Morgan fingerprint density at radius 1 is 1.08 bits per heavy atom. The zero-order valence-corrected chi connectivity index (χ0v) is 21.9. The smallest absolute Gasteiger partial charge is 0.382 e. The Morgan fingerprint density at radius 3 is 2.38 bits per heavy atom. The third-order valence-electron chi connectivity index (χ3n) is 5.47. The molecule has 2 aromatic heterocycles. The van der Waals surface area contributed by atoms with Gasteiger partial charge < -0.3 is 10.4 Å². The van der Waals surface area contributed by atoms with Gasteiger partial charge in [-0.1, -0.05) is 23.7 Å². The number of halogens is 4. The first kappa shape index (κ1) is 28.0. The number of benzene rings is 2. The summed E-state index contributed by atoms with van der Waals surface area (Å²) >= 11 is 5.92. The fourth-order valence-corrected chi connectivity index (χ4v) is 3.82. The van der Waals surface area contributed by atoms with Gasteiger partial charge in [0.2, 0.25) is 0 Å². The van der Waals surface area contributed by atoms with E-state index in [2.05, 4.69) is 20.5 Å². The summed E-state index contributed by atoms with van der Waals surface area (Å²) in [6.07, 6.45) is -6.37. The molecule has 0 spiro atoms. The average Bonchev–Trinajstić information content (AvgIpc) is 3.43. The van der Waals surface area contributed by atoms with Crippen LogP contribution in [0.4, 0.5) is 13.2 Å². The standard InChI is InChI=1S/C25H25ClF3N7O3/c1-24(2,3)31-22(38)17-6-4-5-7-18(17)36-14-30-20(32-36)13-35-23(39)34(12-19(37)25(27,28)29)21(33-35)15-8-10-16(26)11-9-15/h4-11,14,19,37H,12-13H2,1-3H3,(H,31,38). The van der Waals surface area contributed by atoms with Crippen molar-refractivity contribution in [3.8, 4) is 17.1 Å². The van der Waals surface area contributed by atoms with E-state index in [9.17, 15) is 27.9 Å². The minimum absolute atomic E-state index is 0.0939. The van der Waals surface area contributed by atoms with Crippen LogP contribution >= 0.6 is 11.6 Å². The molecule has 0 aliphatic rings. The highest BCUT2D eigenvalue weighted by atomic mass is 35.5. The molecule has 0 radical (unpaired) electrons. The number of rotatable bonds is 7. The summed E-state index contributed by atoms with van der Waals surface area (Å²) in [5, 5.41) is 21.5. The molecule has 39 heavy (non-hydrogen) atoms. The van der Waals surface area contributed by atoms with Crippen molar-refractivity contribution in [3.63, 3.8) is 0 Å². The minimum atomic E-state index is -4.94. The van der Waals surface area contributed by atoms with E-state index in [0.717, 1.165) is 9.25 Å². The van der Waals surface area contributed by atoms with Crippen molar-refractivity contribution in [1.29, 1.82) is 0 Å². The number of nitrogens with zero attached hydrogens (tertiary/aromatic N) is 6. The molecule has 14 heteroatoms. The van der Waals surface area contributed by atoms with Crippen LogP contribution in [0, 0.1) is 0 Å². The number of aromatic nitrogens is 6. The Morgan fingerprint density at radius 2 is 1.74 bits per heavy atom. The van der Waals surface area contributed by atoms with Crippen LogP contribution in [0.1, 0.15) is 37.0 Å². The van der Waals surface area contributed by atoms with Gasteiger partial charge >= 0.3 is 11.9 Å². The lowest BCUT2D eigenvalue weighted by atomic mass is 10.1. The van der Waals surface area contributed by atoms with E-state index in [0.29, 0.717) is 21.8 Å². The Balaban J connectivity index is 1.68. The van der Waals surface area contributed by atoms with Crippen molar-refractivity contribution in [2.24, 2.45) is 0 Å². The van der Waals surface area contributed by atoms with Gasteiger partial charge in [0.05, 0.1) is 17.8 Å². The van der Waals surface area contributed by atoms with Crippen molar-refractivity contribution in [2.75, 3.05) is 0 Å². The van der Waals surface area contributed by atoms with E-state index in [1.165, 1.54) is 35.3 Å². The molecule has 1 atom stereocenters. The summed E-state index contributed by atoms with van der Waals surface area (Å²) in [6.45, 7) is 4.22. The molecule has 0 saturated carbocycles. The lowest BCUT2D eigenvalue weighted by molar-refractivity contribution is -0.207. The molecule has 0 bridgehead atoms. The first-order chi connectivity index (χ1) is 18.2. The number of para-hydroxylation sites is 1. The topological polar surface area (TPSA) is 120 Å². The number of amides is 1. The zero-order valence-electron chi connectivity index (χ0n) is 21.1. The molecule has 2 heterocycles.